The maximum absolute atomic E-state index is 13.3. The van der Waals surface area contributed by atoms with Gasteiger partial charge in [-0.2, -0.15) is 0 Å². The van der Waals surface area contributed by atoms with Crippen LogP contribution in [0.5, 0.6) is 5.75 Å². The van der Waals surface area contributed by atoms with Crippen molar-refractivity contribution in [2.75, 3.05) is 13.1 Å². The van der Waals surface area contributed by atoms with Gasteiger partial charge in [-0.1, -0.05) is 54.1 Å². The number of nitrogens with zero attached hydrogens (tertiary/aromatic N) is 1. The highest BCUT2D eigenvalue weighted by Gasteiger charge is 2.20. The van der Waals surface area contributed by atoms with Crippen LogP contribution in [-0.4, -0.2) is 23.9 Å². The number of para-hydroxylation sites is 1. The van der Waals surface area contributed by atoms with Crippen LogP contribution in [-0.2, 0) is 13.2 Å². The lowest BCUT2D eigenvalue weighted by atomic mass is 10.1. The smallest absolute Gasteiger partial charge is 0.257 e. The Morgan fingerprint density at radius 1 is 1.00 bits per heavy atom. The molecule has 3 aromatic rings. The molecule has 0 bridgehead atoms. The average molecular weight is 407 g/mol. The number of amides is 1. The van der Waals surface area contributed by atoms with Crippen molar-refractivity contribution in [2.45, 2.75) is 26.5 Å². The molecule has 3 aromatic carbocycles. The largest absolute Gasteiger partial charge is 0.488 e. The molecule has 0 aromatic heterocycles. The molecule has 0 fully saturated rings. The third kappa shape index (κ3) is 5.91. The van der Waals surface area contributed by atoms with Crippen LogP contribution in [0.1, 0.15) is 33.5 Å². The second kappa shape index (κ2) is 10.6. The molecule has 0 aliphatic carbocycles. The Bertz CT molecular complexity index is 973. The maximum Gasteiger partial charge on any atom is 0.257 e. The predicted octanol–water partition coefficient (Wildman–Crippen LogP) is 4.70. The summed E-state index contributed by atoms with van der Waals surface area (Å²) in [4.78, 5) is 15.1. The van der Waals surface area contributed by atoms with Gasteiger partial charge in [0.1, 0.15) is 18.2 Å². The lowest BCUT2D eigenvalue weighted by molar-refractivity contribution is 0.0737. The van der Waals surface area contributed by atoms with Gasteiger partial charge in [-0.05, 0) is 55.3 Å². The van der Waals surface area contributed by atoms with Crippen LogP contribution in [0, 0.1) is 12.7 Å². The zero-order chi connectivity index (χ0) is 21.3. The molecule has 30 heavy (non-hydrogen) atoms. The van der Waals surface area contributed by atoms with E-state index in [1.54, 1.807) is 23.1 Å². The Morgan fingerprint density at radius 2 is 1.77 bits per heavy atom. The minimum absolute atomic E-state index is 0.132. The number of nitrogens with two attached hydrogens (primary N) is 1. The number of ether oxygens (including phenoxy) is 1. The van der Waals surface area contributed by atoms with Crippen molar-refractivity contribution in [3.8, 4) is 5.75 Å². The van der Waals surface area contributed by atoms with Gasteiger partial charge in [0.05, 0.1) is 5.56 Å². The van der Waals surface area contributed by atoms with Crippen molar-refractivity contribution in [3.05, 3.63) is 101 Å². The molecule has 0 radical (unpaired) electrons. The molecule has 5 heteroatoms. The van der Waals surface area contributed by atoms with E-state index in [0.717, 1.165) is 16.7 Å². The zero-order valence-corrected chi connectivity index (χ0v) is 17.2. The summed E-state index contributed by atoms with van der Waals surface area (Å²) in [5.74, 6) is 0.113. The van der Waals surface area contributed by atoms with Crippen LogP contribution in [0.25, 0.3) is 0 Å². The van der Waals surface area contributed by atoms with Gasteiger partial charge in [-0.3, -0.25) is 4.79 Å². The number of halogens is 1. The number of aryl methyl sites for hydroxylation is 1. The van der Waals surface area contributed by atoms with Crippen LogP contribution in [0.3, 0.4) is 0 Å². The van der Waals surface area contributed by atoms with Crippen molar-refractivity contribution in [1.82, 2.24) is 4.90 Å². The molecule has 0 saturated carbocycles. The topological polar surface area (TPSA) is 55.6 Å². The monoisotopic (exact) mass is 406 g/mol. The van der Waals surface area contributed by atoms with E-state index >= 15 is 0 Å². The Balaban J connectivity index is 1.78. The summed E-state index contributed by atoms with van der Waals surface area (Å²) >= 11 is 0. The quantitative estimate of drug-likeness (QED) is 0.560. The van der Waals surface area contributed by atoms with Crippen LogP contribution < -0.4 is 10.5 Å². The number of benzene rings is 3. The highest BCUT2D eigenvalue weighted by Crippen LogP contribution is 2.22. The molecule has 156 valence electrons. The first-order valence-electron chi connectivity index (χ1n) is 10.1. The standard InChI is InChI=1S/C25H27FN2O2/c1-19-6-4-7-21(16-19)18-30-24-9-3-2-8-23(24)25(29)28(15-5-14-27)17-20-10-12-22(26)13-11-20/h2-4,6-13,16H,5,14-15,17-18,27H2,1H3. The molecule has 1 amide bonds. The molecule has 0 spiro atoms. The van der Waals surface area contributed by atoms with Crippen LogP contribution in [0.4, 0.5) is 4.39 Å². The zero-order valence-electron chi connectivity index (χ0n) is 17.2. The molecule has 0 aliphatic heterocycles. The van der Waals surface area contributed by atoms with Gasteiger partial charge in [0, 0.05) is 13.1 Å². The molecule has 2 N–H and O–H groups in total. The molecule has 0 unspecified atom stereocenters. The van der Waals surface area contributed by atoms with E-state index in [4.69, 9.17) is 10.5 Å². The van der Waals surface area contributed by atoms with Crippen LogP contribution in [0.15, 0.2) is 72.8 Å². The summed E-state index contributed by atoms with van der Waals surface area (Å²) in [5, 5.41) is 0. The number of hydrogen-bond acceptors (Lipinski definition) is 3. The molecule has 0 atom stereocenters. The number of carbonyl (C=O) groups is 1. The van der Waals surface area contributed by atoms with E-state index in [-0.39, 0.29) is 11.7 Å². The van der Waals surface area contributed by atoms with Gasteiger partial charge in [0.2, 0.25) is 0 Å². The molecule has 4 nitrogen and oxygen atoms in total. The Morgan fingerprint density at radius 3 is 2.50 bits per heavy atom. The minimum atomic E-state index is -0.298. The highest BCUT2D eigenvalue weighted by atomic mass is 19.1. The van der Waals surface area contributed by atoms with Crippen molar-refractivity contribution in [2.24, 2.45) is 5.73 Å². The normalized spacial score (nSPS) is 10.6. The van der Waals surface area contributed by atoms with Crippen LogP contribution in [0.2, 0.25) is 0 Å². The van der Waals surface area contributed by atoms with E-state index < -0.39 is 0 Å². The third-order valence-electron chi connectivity index (χ3n) is 4.80. The summed E-state index contributed by atoms with van der Waals surface area (Å²) in [6.45, 7) is 3.79. The molecule has 0 heterocycles. The SMILES string of the molecule is Cc1cccc(COc2ccccc2C(=O)N(CCCN)Cc2ccc(F)cc2)c1. The molecular formula is C25H27FN2O2. The van der Waals surface area contributed by atoms with Crippen molar-refractivity contribution in [1.29, 1.82) is 0 Å². The van der Waals surface area contributed by atoms with E-state index in [1.165, 1.54) is 12.1 Å². The summed E-state index contributed by atoms with van der Waals surface area (Å²) in [6, 6.07) is 21.5. The highest BCUT2D eigenvalue weighted by molar-refractivity contribution is 5.96. The fourth-order valence-corrected chi connectivity index (χ4v) is 3.25. The summed E-state index contributed by atoms with van der Waals surface area (Å²) < 4.78 is 19.2. The van der Waals surface area contributed by atoms with Gasteiger partial charge >= 0.3 is 0 Å². The van der Waals surface area contributed by atoms with Gasteiger partial charge in [-0.15, -0.1) is 0 Å². The molecule has 3 rings (SSSR count). The van der Waals surface area contributed by atoms with Crippen LogP contribution >= 0.6 is 0 Å². The van der Waals surface area contributed by atoms with Crippen molar-refractivity contribution < 1.29 is 13.9 Å². The van der Waals surface area contributed by atoms with E-state index in [0.29, 0.717) is 44.0 Å². The summed E-state index contributed by atoms with van der Waals surface area (Å²) in [5.41, 5.74) is 9.24. The summed E-state index contributed by atoms with van der Waals surface area (Å²) in [6.07, 6.45) is 0.680. The number of hydrogen-bond donors (Lipinski definition) is 1. The minimum Gasteiger partial charge on any atom is -0.488 e. The van der Waals surface area contributed by atoms with Gasteiger partial charge in [0.15, 0.2) is 0 Å². The van der Waals surface area contributed by atoms with Crippen molar-refractivity contribution in [3.63, 3.8) is 0 Å². The van der Waals surface area contributed by atoms with Gasteiger partial charge < -0.3 is 15.4 Å². The lowest BCUT2D eigenvalue weighted by Crippen LogP contribution is -2.32. The lowest BCUT2D eigenvalue weighted by Gasteiger charge is -2.24. The molecule has 0 saturated heterocycles. The van der Waals surface area contributed by atoms with Gasteiger partial charge in [0.25, 0.3) is 5.91 Å². The second-order valence-electron chi connectivity index (χ2n) is 7.27. The third-order valence-corrected chi connectivity index (χ3v) is 4.80. The predicted molar refractivity (Wildman–Crippen MR) is 117 cm³/mol. The first-order chi connectivity index (χ1) is 14.6. The van der Waals surface area contributed by atoms with Gasteiger partial charge in [-0.25, -0.2) is 4.39 Å². The fraction of sp³-hybridized carbons (Fsp3) is 0.240. The summed E-state index contributed by atoms with van der Waals surface area (Å²) in [7, 11) is 0. The van der Waals surface area contributed by atoms with E-state index in [2.05, 4.69) is 6.07 Å². The Labute approximate surface area is 177 Å². The Kier molecular flexibility index (Phi) is 7.57. The maximum atomic E-state index is 13.3. The number of carbonyl (C=O) groups excluding carboxylic acids is 1. The van der Waals surface area contributed by atoms with E-state index in [9.17, 15) is 9.18 Å². The average Bonchev–Trinajstić information content (AvgIpc) is 2.76. The number of rotatable bonds is 9. The Hall–Kier alpha value is -3.18. The first-order valence-corrected chi connectivity index (χ1v) is 10.1. The fourth-order valence-electron chi connectivity index (χ4n) is 3.25. The molecular weight excluding hydrogens is 379 g/mol. The molecule has 0 aliphatic rings. The first kappa shape index (κ1) is 21.5. The second-order valence-corrected chi connectivity index (χ2v) is 7.27. The van der Waals surface area contributed by atoms with Crippen molar-refractivity contribution >= 4 is 5.91 Å². The van der Waals surface area contributed by atoms with E-state index in [1.807, 2.05) is 43.3 Å².